The van der Waals surface area contributed by atoms with Gasteiger partial charge in [0.25, 0.3) is 0 Å². The molecule has 0 bridgehead atoms. The van der Waals surface area contributed by atoms with E-state index in [1.165, 1.54) is 5.56 Å². The van der Waals surface area contributed by atoms with Crippen LogP contribution in [0.5, 0.6) is 0 Å². The molecule has 2 aromatic rings. The van der Waals surface area contributed by atoms with E-state index in [0.717, 1.165) is 10.2 Å². The van der Waals surface area contributed by atoms with Gasteiger partial charge in [0, 0.05) is 16.2 Å². The van der Waals surface area contributed by atoms with Gasteiger partial charge >= 0.3 is 0 Å². The van der Waals surface area contributed by atoms with Crippen molar-refractivity contribution >= 4 is 21.6 Å². The average Bonchev–Trinajstić information content (AvgIpc) is 2.31. The lowest BCUT2D eigenvalue weighted by Gasteiger charge is -2.15. The lowest BCUT2D eigenvalue weighted by Crippen LogP contribution is -2.05. The van der Waals surface area contributed by atoms with Crippen LogP contribution in [0.3, 0.4) is 0 Å². The first-order valence-electron chi connectivity index (χ1n) is 5.33. The van der Waals surface area contributed by atoms with E-state index in [2.05, 4.69) is 64.6 Å². The van der Waals surface area contributed by atoms with Gasteiger partial charge in [-0.1, -0.05) is 46.3 Å². The van der Waals surface area contributed by atoms with Crippen LogP contribution >= 0.6 is 15.9 Å². The topological polar surface area (TPSA) is 12.0 Å². The second-order valence-corrected chi connectivity index (χ2v) is 4.70. The molecule has 0 aliphatic rings. The molecule has 0 amide bonds. The van der Waals surface area contributed by atoms with Crippen LogP contribution in [0.15, 0.2) is 59.1 Å². The Bertz CT molecular complexity index is 436. The van der Waals surface area contributed by atoms with Gasteiger partial charge in [0.1, 0.15) is 0 Å². The molecular weight excluding hydrogens is 262 g/mol. The van der Waals surface area contributed by atoms with Crippen molar-refractivity contribution in [2.75, 3.05) is 5.32 Å². The third-order valence-corrected chi connectivity index (χ3v) is 3.06. The van der Waals surface area contributed by atoms with Gasteiger partial charge in [0.15, 0.2) is 0 Å². The van der Waals surface area contributed by atoms with Crippen LogP contribution in [0.1, 0.15) is 18.5 Å². The molecule has 2 rings (SSSR count). The second-order valence-electron chi connectivity index (χ2n) is 3.78. The summed E-state index contributed by atoms with van der Waals surface area (Å²) < 4.78 is 1.11. The van der Waals surface area contributed by atoms with E-state index in [1.54, 1.807) is 0 Å². The molecule has 0 aliphatic carbocycles. The number of benzene rings is 2. The van der Waals surface area contributed by atoms with Gasteiger partial charge in [-0.15, -0.1) is 0 Å². The highest BCUT2D eigenvalue weighted by Gasteiger charge is 2.04. The fourth-order valence-electron chi connectivity index (χ4n) is 1.62. The maximum absolute atomic E-state index is 3.46. The lowest BCUT2D eigenvalue weighted by molar-refractivity contribution is 0.884. The van der Waals surface area contributed by atoms with E-state index in [0.29, 0.717) is 6.04 Å². The van der Waals surface area contributed by atoms with E-state index in [-0.39, 0.29) is 0 Å². The maximum atomic E-state index is 3.46. The van der Waals surface area contributed by atoms with Gasteiger partial charge in [0.05, 0.1) is 0 Å². The summed E-state index contributed by atoms with van der Waals surface area (Å²) in [6.45, 7) is 2.16. The number of para-hydroxylation sites is 1. The average molecular weight is 276 g/mol. The largest absolute Gasteiger partial charge is 0.379 e. The SMILES string of the molecule is C[C@@H](Nc1ccccc1)c1ccc(Br)cc1. The van der Waals surface area contributed by atoms with Gasteiger partial charge in [-0.25, -0.2) is 0 Å². The van der Waals surface area contributed by atoms with Crippen molar-refractivity contribution < 1.29 is 0 Å². The third kappa shape index (κ3) is 2.86. The molecule has 1 atom stereocenters. The van der Waals surface area contributed by atoms with Crippen LogP contribution in [-0.4, -0.2) is 0 Å². The van der Waals surface area contributed by atoms with Crippen LogP contribution in [0.2, 0.25) is 0 Å². The molecule has 0 unspecified atom stereocenters. The number of anilines is 1. The summed E-state index contributed by atoms with van der Waals surface area (Å²) in [5, 5.41) is 3.46. The molecule has 2 aromatic carbocycles. The van der Waals surface area contributed by atoms with Crippen molar-refractivity contribution in [1.29, 1.82) is 0 Å². The van der Waals surface area contributed by atoms with E-state index in [1.807, 2.05) is 18.2 Å². The molecule has 82 valence electrons. The first-order chi connectivity index (χ1) is 7.75. The number of hydrogen-bond acceptors (Lipinski definition) is 1. The highest BCUT2D eigenvalue weighted by Crippen LogP contribution is 2.20. The molecular formula is C14H14BrN. The quantitative estimate of drug-likeness (QED) is 0.862. The Morgan fingerprint density at radius 2 is 1.56 bits per heavy atom. The Morgan fingerprint density at radius 3 is 2.19 bits per heavy atom. The highest BCUT2D eigenvalue weighted by atomic mass is 79.9. The first-order valence-corrected chi connectivity index (χ1v) is 6.12. The van der Waals surface area contributed by atoms with Gasteiger partial charge < -0.3 is 5.32 Å². The Labute approximate surface area is 105 Å². The van der Waals surface area contributed by atoms with Crippen LogP contribution in [0.25, 0.3) is 0 Å². The van der Waals surface area contributed by atoms with Crippen LogP contribution in [-0.2, 0) is 0 Å². The van der Waals surface area contributed by atoms with Gasteiger partial charge in [0.2, 0.25) is 0 Å². The monoisotopic (exact) mass is 275 g/mol. The van der Waals surface area contributed by atoms with Gasteiger partial charge in [-0.05, 0) is 36.8 Å². The molecule has 1 N–H and O–H groups in total. The fraction of sp³-hybridized carbons (Fsp3) is 0.143. The van der Waals surface area contributed by atoms with E-state index in [9.17, 15) is 0 Å². The Morgan fingerprint density at radius 1 is 0.938 bits per heavy atom. The van der Waals surface area contributed by atoms with E-state index < -0.39 is 0 Å². The van der Waals surface area contributed by atoms with Crippen molar-refractivity contribution in [2.24, 2.45) is 0 Å². The first kappa shape index (κ1) is 11.2. The predicted molar refractivity (Wildman–Crippen MR) is 72.6 cm³/mol. The molecule has 0 saturated heterocycles. The maximum Gasteiger partial charge on any atom is 0.0485 e. The summed E-state index contributed by atoms with van der Waals surface area (Å²) in [5.41, 5.74) is 2.44. The molecule has 0 aliphatic heterocycles. The Kier molecular flexibility index (Phi) is 3.62. The minimum atomic E-state index is 0.315. The zero-order chi connectivity index (χ0) is 11.4. The molecule has 0 spiro atoms. The summed E-state index contributed by atoms with van der Waals surface area (Å²) in [7, 11) is 0. The molecule has 1 nitrogen and oxygen atoms in total. The van der Waals surface area contributed by atoms with Crippen molar-refractivity contribution in [1.82, 2.24) is 0 Å². The van der Waals surface area contributed by atoms with E-state index in [4.69, 9.17) is 0 Å². The summed E-state index contributed by atoms with van der Waals surface area (Å²) in [5.74, 6) is 0. The third-order valence-electron chi connectivity index (χ3n) is 2.53. The minimum Gasteiger partial charge on any atom is -0.379 e. The minimum absolute atomic E-state index is 0.315. The summed E-state index contributed by atoms with van der Waals surface area (Å²) in [6, 6.07) is 19.0. The van der Waals surface area contributed by atoms with Gasteiger partial charge in [-0.3, -0.25) is 0 Å². The predicted octanol–water partition coefficient (Wildman–Crippen LogP) is 4.62. The zero-order valence-electron chi connectivity index (χ0n) is 9.15. The standard InChI is InChI=1S/C14H14BrN/c1-11(12-7-9-13(15)10-8-12)16-14-5-3-2-4-6-14/h2-11,16H,1H3/t11-/m1/s1. The lowest BCUT2D eigenvalue weighted by atomic mass is 10.1. The summed E-state index contributed by atoms with van der Waals surface area (Å²) >= 11 is 3.44. The molecule has 0 fully saturated rings. The van der Waals surface area contributed by atoms with Crippen molar-refractivity contribution in [2.45, 2.75) is 13.0 Å². The van der Waals surface area contributed by atoms with Gasteiger partial charge in [-0.2, -0.15) is 0 Å². The number of halogens is 1. The Balaban J connectivity index is 2.09. The molecule has 16 heavy (non-hydrogen) atoms. The number of rotatable bonds is 3. The fourth-order valence-corrected chi connectivity index (χ4v) is 1.88. The van der Waals surface area contributed by atoms with Crippen molar-refractivity contribution in [3.8, 4) is 0 Å². The summed E-state index contributed by atoms with van der Waals surface area (Å²) in [4.78, 5) is 0. The van der Waals surface area contributed by atoms with Crippen LogP contribution in [0, 0.1) is 0 Å². The van der Waals surface area contributed by atoms with E-state index >= 15 is 0 Å². The smallest absolute Gasteiger partial charge is 0.0485 e. The van der Waals surface area contributed by atoms with Crippen LogP contribution < -0.4 is 5.32 Å². The highest BCUT2D eigenvalue weighted by molar-refractivity contribution is 9.10. The molecule has 0 aromatic heterocycles. The molecule has 0 heterocycles. The second kappa shape index (κ2) is 5.17. The van der Waals surface area contributed by atoms with Crippen LogP contribution in [0.4, 0.5) is 5.69 Å². The van der Waals surface area contributed by atoms with Crippen molar-refractivity contribution in [3.63, 3.8) is 0 Å². The summed E-state index contributed by atoms with van der Waals surface area (Å²) in [6.07, 6.45) is 0. The number of nitrogens with one attached hydrogen (secondary N) is 1. The molecule has 0 saturated carbocycles. The number of hydrogen-bond donors (Lipinski definition) is 1. The van der Waals surface area contributed by atoms with Crippen molar-refractivity contribution in [3.05, 3.63) is 64.6 Å². The molecule has 0 radical (unpaired) electrons. The zero-order valence-corrected chi connectivity index (χ0v) is 10.7. The Hall–Kier alpha value is -1.28. The molecule has 2 heteroatoms. The normalized spacial score (nSPS) is 12.1.